The van der Waals surface area contributed by atoms with Crippen molar-refractivity contribution < 1.29 is 4.39 Å². The van der Waals surface area contributed by atoms with Gasteiger partial charge in [-0.15, -0.1) is 0 Å². The first kappa shape index (κ1) is 25.3. The van der Waals surface area contributed by atoms with E-state index in [0.717, 1.165) is 78.2 Å². The quantitative estimate of drug-likeness (QED) is 0.355. The monoisotopic (exact) mass is 526 g/mol. The molecule has 9 heteroatoms. The molecule has 0 bridgehead atoms. The maximum Gasteiger partial charge on any atom is 0.145 e. The van der Waals surface area contributed by atoms with Crippen molar-refractivity contribution >= 4 is 22.6 Å². The van der Waals surface area contributed by atoms with Crippen molar-refractivity contribution in [3.05, 3.63) is 83.6 Å². The summed E-state index contributed by atoms with van der Waals surface area (Å²) >= 11 is 0. The number of aromatic amines is 1. The zero-order valence-corrected chi connectivity index (χ0v) is 22.8. The van der Waals surface area contributed by atoms with Gasteiger partial charge in [0.05, 0.1) is 29.0 Å². The number of H-pyrrole nitrogens is 1. The average Bonchev–Trinajstić information content (AvgIpc) is 3.52. The van der Waals surface area contributed by atoms with E-state index < -0.39 is 0 Å². The molecule has 2 aromatic carbocycles. The van der Waals surface area contributed by atoms with Crippen LogP contribution in [0.2, 0.25) is 0 Å². The van der Waals surface area contributed by atoms with E-state index >= 15 is 0 Å². The number of rotatable bonds is 6. The van der Waals surface area contributed by atoms with Gasteiger partial charge in [-0.3, -0.25) is 14.5 Å². The van der Waals surface area contributed by atoms with Crippen molar-refractivity contribution in [2.45, 2.75) is 46.2 Å². The van der Waals surface area contributed by atoms with E-state index in [1.807, 2.05) is 34.9 Å². The first-order chi connectivity index (χ1) is 19.0. The molecule has 2 aliphatic heterocycles. The number of hydrogen-bond acceptors (Lipinski definition) is 6. The van der Waals surface area contributed by atoms with Crippen molar-refractivity contribution in [1.29, 1.82) is 0 Å². The lowest BCUT2D eigenvalue weighted by Crippen LogP contribution is -2.49. The Kier molecular flexibility index (Phi) is 6.91. The third-order valence-electron chi connectivity index (χ3n) is 7.73. The zero-order valence-electron chi connectivity index (χ0n) is 22.8. The fourth-order valence-corrected chi connectivity index (χ4v) is 5.51. The van der Waals surface area contributed by atoms with Crippen molar-refractivity contribution in [3.8, 4) is 5.69 Å². The molecular formula is C30H35FN8. The maximum absolute atomic E-state index is 14.2. The molecule has 39 heavy (non-hydrogen) atoms. The number of nitrogens with one attached hydrogen (secondary N) is 2. The number of fused-ring (bicyclic) bond motifs is 2. The molecule has 8 nitrogen and oxygen atoms in total. The summed E-state index contributed by atoms with van der Waals surface area (Å²) in [5.74, 6) is 2.47. The Hall–Kier alpha value is -3.98. The van der Waals surface area contributed by atoms with Gasteiger partial charge in [-0.05, 0) is 56.2 Å². The second-order valence-electron chi connectivity index (χ2n) is 10.5. The summed E-state index contributed by atoms with van der Waals surface area (Å²) in [4.78, 5) is 22.9. The summed E-state index contributed by atoms with van der Waals surface area (Å²) in [7, 11) is 0. The molecule has 2 N–H and O–H groups in total. The Morgan fingerprint density at radius 3 is 2.62 bits per heavy atom. The second-order valence-corrected chi connectivity index (χ2v) is 10.5. The van der Waals surface area contributed by atoms with Gasteiger partial charge in [-0.2, -0.15) is 0 Å². The molecule has 0 amide bonds. The van der Waals surface area contributed by atoms with Crippen LogP contribution in [0.3, 0.4) is 0 Å². The highest BCUT2D eigenvalue weighted by molar-refractivity contribution is 6.05. The molecule has 202 valence electrons. The molecule has 0 unspecified atom stereocenters. The largest absolute Gasteiger partial charge is 0.356 e. The van der Waals surface area contributed by atoms with Gasteiger partial charge in [0, 0.05) is 38.6 Å². The molecular weight excluding hydrogens is 491 g/mol. The summed E-state index contributed by atoms with van der Waals surface area (Å²) in [5.41, 5.74) is 5.64. The minimum Gasteiger partial charge on any atom is -0.356 e. The Bertz CT molecular complexity index is 1500. The molecule has 1 fully saturated rings. The molecule has 6 rings (SSSR count). The van der Waals surface area contributed by atoms with Crippen LogP contribution in [0.25, 0.3) is 16.7 Å². The van der Waals surface area contributed by atoms with Crippen molar-refractivity contribution in [2.75, 3.05) is 31.5 Å². The summed E-state index contributed by atoms with van der Waals surface area (Å²) in [6, 6.07) is 15.2. The number of anilines is 1. The van der Waals surface area contributed by atoms with Gasteiger partial charge in [0.1, 0.15) is 35.3 Å². The van der Waals surface area contributed by atoms with Crippen LogP contribution >= 0.6 is 0 Å². The van der Waals surface area contributed by atoms with Crippen LogP contribution in [0.15, 0.2) is 71.2 Å². The van der Waals surface area contributed by atoms with E-state index in [-0.39, 0.29) is 5.82 Å². The SMILES string of the molecule is CCC1=C(N2CCN(C(C)C)CC2)Nc2c(ncn2-c2cccc(F)c2)C(=NCc2nc3ccccc3[nH]2)C1. The van der Waals surface area contributed by atoms with Gasteiger partial charge < -0.3 is 15.2 Å². The lowest BCUT2D eigenvalue weighted by Gasteiger charge is -2.40. The predicted octanol–water partition coefficient (Wildman–Crippen LogP) is 5.34. The first-order valence-corrected chi connectivity index (χ1v) is 13.8. The predicted molar refractivity (Wildman–Crippen MR) is 154 cm³/mol. The number of benzene rings is 2. The van der Waals surface area contributed by atoms with Gasteiger partial charge >= 0.3 is 0 Å². The normalized spacial score (nSPS) is 17.7. The maximum atomic E-state index is 14.2. The van der Waals surface area contributed by atoms with E-state index in [2.05, 4.69) is 40.9 Å². The van der Waals surface area contributed by atoms with E-state index in [4.69, 9.17) is 15.0 Å². The number of hydrogen-bond donors (Lipinski definition) is 2. The van der Waals surface area contributed by atoms with E-state index in [9.17, 15) is 4.39 Å². The van der Waals surface area contributed by atoms with E-state index in [0.29, 0.717) is 19.0 Å². The van der Waals surface area contributed by atoms with Crippen LogP contribution in [0.1, 0.15) is 45.1 Å². The zero-order chi connectivity index (χ0) is 26.9. The fourth-order valence-electron chi connectivity index (χ4n) is 5.51. The molecule has 2 aliphatic rings. The fraction of sp³-hybridized carbons (Fsp3) is 0.367. The van der Waals surface area contributed by atoms with Crippen LogP contribution in [-0.4, -0.2) is 67.3 Å². The van der Waals surface area contributed by atoms with Crippen LogP contribution in [0, 0.1) is 5.82 Å². The topological polar surface area (TPSA) is 77.4 Å². The number of imidazole rings is 2. The standard InChI is InChI=1S/C30H35FN8/c1-4-21-16-26(32-18-27-34-24-10-5-6-11-25(24)35-27)28-30(39(19-33-28)23-9-7-8-22(31)17-23)36-29(21)38-14-12-37(13-15-38)20(2)3/h5-11,17,19-20,36H,4,12-16,18H2,1-3H3,(H,34,35). The first-order valence-electron chi connectivity index (χ1n) is 13.8. The molecule has 0 saturated carbocycles. The Labute approximate surface area is 228 Å². The number of nitrogens with zero attached hydrogens (tertiary/aromatic N) is 6. The number of piperazine rings is 1. The van der Waals surface area contributed by atoms with E-state index in [1.54, 1.807) is 12.4 Å². The van der Waals surface area contributed by atoms with Crippen molar-refractivity contribution in [1.82, 2.24) is 29.3 Å². The third kappa shape index (κ3) is 5.06. The average molecular weight is 527 g/mol. The Morgan fingerprint density at radius 1 is 1.05 bits per heavy atom. The van der Waals surface area contributed by atoms with Gasteiger partial charge in [0.15, 0.2) is 0 Å². The molecule has 0 spiro atoms. The summed E-state index contributed by atoms with van der Waals surface area (Å²) in [6.07, 6.45) is 3.34. The number of allylic oxidation sites excluding steroid dienone is 1. The lowest BCUT2D eigenvalue weighted by atomic mass is 10.0. The van der Waals surface area contributed by atoms with Crippen molar-refractivity contribution in [3.63, 3.8) is 0 Å². The van der Waals surface area contributed by atoms with E-state index in [1.165, 1.54) is 17.7 Å². The number of aliphatic imine (C=N–C) groups is 1. The number of para-hydroxylation sites is 2. The van der Waals surface area contributed by atoms with Crippen LogP contribution < -0.4 is 5.32 Å². The minimum atomic E-state index is -0.280. The van der Waals surface area contributed by atoms with Gasteiger partial charge in [0.25, 0.3) is 0 Å². The molecule has 0 atom stereocenters. The smallest absolute Gasteiger partial charge is 0.145 e. The Balaban J connectivity index is 1.40. The van der Waals surface area contributed by atoms with Crippen LogP contribution in [0.4, 0.5) is 10.2 Å². The highest BCUT2D eigenvalue weighted by Gasteiger charge is 2.29. The van der Waals surface area contributed by atoms with Crippen LogP contribution in [-0.2, 0) is 6.54 Å². The minimum absolute atomic E-state index is 0.280. The van der Waals surface area contributed by atoms with Gasteiger partial charge in [-0.25, -0.2) is 14.4 Å². The summed E-state index contributed by atoms with van der Waals surface area (Å²) in [6.45, 7) is 11.1. The summed E-state index contributed by atoms with van der Waals surface area (Å²) < 4.78 is 16.1. The van der Waals surface area contributed by atoms with Gasteiger partial charge in [-0.1, -0.05) is 25.1 Å². The summed E-state index contributed by atoms with van der Waals surface area (Å²) in [5, 5.41) is 3.75. The molecule has 4 heterocycles. The second kappa shape index (κ2) is 10.6. The van der Waals surface area contributed by atoms with Crippen LogP contribution in [0.5, 0.6) is 0 Å². The highest BCUT2D eigenvalue weighted by Crippen LogP contribution is 2.32. The lowest BCUT2D eigenvalue weighted by molar-refractivity contribution is 0.130. The molecule has 0 radical (unpaired) electrons. The number of aromatic nitrogens is 4. The van der Waals surface area contributed by atoms with Crippen molar-refractivity contribution in [2.24, 2.45) is 4.99 Å². The van der Waals surface area contributed by atoms with Gasteiger partial charge in [0.2, 0.25) is 0 Å². The Morgan fingerprint density at radius 2 is 1.87 bits per heavy atom. The molecule has 1 saturated heterocycles. The molecule has 4 aromatic rings. The molecule has 0 aliphatic carbocycles. The highest BCUT2D eigenvalue weighted by atomic mass is 19.1. The third-order valence-corrected chi connectivity index (χ3v) is 7.73. The molecule has 2 aromatic heterocycles. The number of halogens is 1.